The number of hydrogen-bond acceptors (Lipinski definition) is 1. The zero-order valence-corrected chi connectivity index (χ0v) is 9.75. The van der Waals surface area contributed by atoms with E-state index in [2.05, 4.69) is 0 Å². The van der Waals surface area contributed by atoms with Gasteiger partial charge in [-0.25, -0.2) is 13.2 Å². The van der Waals surface area contributed by atoms with Crippen LogP contribution >= 0.6 is 0 Å². The Labute approximate surface area is 107 Å². The van der Waals surface area contributed by atoms with Crippen LogP contribution in [0.25, 0.3) is 0 Å². The van der Waals surface area contributed by atoms with Gasteiger partial charge in [-0.05, 0) is 5.56 Å². The molecule has 0 radical (unpaired) electrons. The summed E-state index contributed by atoms with van der Waals surface area (Å²) in [6.45, 7) is 0.231. The lowest BCUT2D eigenvalue weighted by molar-refractivity contribution is 0.495. The first kappa shape index (κ1) is 11.8. The van der Waals surface area contributed by atoms with Gasteiger partial charge in [0.15, 0.2) is 11.6 Å². The number of nitrogens with zero attached hydrogens (tertiary/aromatic N) is 1. The van der Waals surface area contributed by atoms with Gasteiger partial charge in [0.25, 0.3) is 0 Å². The molecule has 0 amide bonds. The molecule has 0 spiro atoms. The second kappa shape index (κ2) is 4.12. The van der Waals surface area contributed by atoms with Gasteiger partial charge in [-0.3, -0.25) is 5.41 Å². The molecule has 1 N–H and O–H groups in total. The van der Waals surface area contributed by atoms with E-state index in [1.54, 1.807) is 24.3 Å². The molecule has 1 heterocycles. The third-order valence-corrected chi connectivity index (χ3v) is 3.14. The Morgan fingerprint density at radius 1 is 1.05 bits per heavy atom. The minimum absolute atomic E-state index is 0.0412. The largest absolute Gasteiger partial charge is 0.319 e. The number of fused-ring (bicyclic) bond motifs is 1. The van der Waals surface area contributed by atoms with Crippen LogP contribution in [-0.2, 0) is 6.54 Å². The average Bonchev–Trinajstić information content (AvgIpc) is 2.72. The van der Waals surface area contributed by atoms with Gasteiger partial charge in [-0.15, -0.1) is 0 Å². The molecule has 1 aliphatic rings. The van der Waals surface area contributed by atoms with E-state index < -0.39 is 17.5 Å². The number of hydrogen-bond donors (Lipinski definition) is 1. The Kier molecular flexibility index (Phi) is 2.55. The van der Waals surface area contributed by atoms with Gasteiger partial charge in [0, 0.05) is 17.7 Å². The highest BCUT2D eigenvalue weighted by molar-refractivity contribution is 6.11. The summed E-state index contributed by atoms with van der Waals surface area (Å²) in [6.07, 6.45) is 0. The third kappa shape index (κ3) is 1.78. The lowest BCUT2D eigenvalue weighted by atomic mass is 10.1. The Morgan fingerprint density at radius 2 is 1.79 bits per heavy atom. The second-order valence-electron chi connectivity index (χ2n) is 4.31. The zero-order valence-electron chi connectivity index (χ0n) is 9.75. The average molecular weight is 262 g/mol. The Bertz CT molecular complexity index is 682. The van der Waals surface area contributed by atoms with Crippen LogP contribution in [0.1, 0.15) is 11.1 Å². The first-order valence-electron chi connectivity index (χ1n) is 5.67. The summed E-state index contributed by atoms with van der Waals surface area (Å²) in [5.74, 6) is -3.21. The molecule has 0 atom stereocenters. The van der Waals surface area contributed by atoms with Crippen LogP contribution in [-0.4, -0.2) is 5.84 Å². The van der Waals surface area contributed by atoms with Crippen molar-refractivity contribution in [3.05, 3.63) is 65.0 Å². The summed E-state index contributed by atoms with van der Waals surface area (Å²) in [7, 11) is 0. The fourth-order valence-corrected chi connectivity index (χ4v) is 2.23. The Hall–Kier alpha value is -2.30. The number of rotatable bonds is 1. The molecule has 0 saturated carbocycles. The molecule has 0 bridgehead atoms. The van der Waals surface area contributed by atoms with Gasteiger partial charge in [0.05, 0.1) is 12.2 Å². The number of amidine groups is 1. The van der Waals surface area contributed by atoms with Gasteiger partial charge >= 0.3 is 0 Å². The van der Waals surface area contributed by atoms with Crippen molar-refractivity contribution in [2.75, 3.05) is 4.90 Å². The van der Waals surface area contributed by atoms with E-state index in [1.165, 1.54) is 4.90 Å². The van der Waals surface area contributed by atoms with E-state index in [0.717, 1.165) is 11.6 Å². The van der Waals surface area contributed by atoms with Crippen LogP contribution in [0.2, 0.25) is 0 Å². The van der Waals surface area contributed by atoms with Crippen molar-refractivity contribution in [2.24, 2.45) is 0 Å². The molecule has 0 unspecified atom stereocenters. The topological polar surface area (TPSA) is 27.1 Å². The maximum absolute atomic E-state index is 13.7. The molecule has 0 aromatic heterocycles. The summed E-state index contributed by atoms with van der Waals surface area (Å²) in [6, 6.07) is 8.49. The van der Waals surface area contributed by atoms with Crippen LogP contribution in [0.5, 0.6) is 0 Å². The number of nitrogens with one attached hydrogen (secondary N) is 1. The predicted molar refractivity (Wildman–Crippen MR) is 65.8 cm³/mol. The molecule has 96 valence electrons. The first-order chi connectivity index (χ1) is 9.08. The predicted octanol–water partition coefficient (Wildman–Crippen LogP) is 3.45. The summed E-state index contributed by atoms with van der Waals surface area (Å²) in [5, 5.41) is 7.98. The third-order valence-electron chi connectivity index (χ3n) is 3.14. The maximum atomic E-state index is 13.7. The summed E-state index contributed by atoms with van der Waals surface area (Å²) >= 11 is 0. The van der Waals surface area contributed by atoms with Gasteiger partial charge in [-0.2, -0.15) is 0 Å². The summed E-state index contributed by atoms with van der Waals surface area (Å²) in [4.78, 5) is 1.26. The maximum Gasteiger partial charge on any atom is 0.182 e. The van der Waals surface area contributed by atoms with Crippen molar-refractivity contribution >= 4 is 11.5 Å². The highest BCUT2D eigenvalue weighted by Gasteiger charge is 2.28. The molecule has 5 heteroatoms. The summed E-state index contributed by atoms with van der Waals surface area (Å²) in [5.41, 5.74) is 1.22. The fraction of sp³-hybridized carbons (Fsp3) is 0.0714. The van der Waals surface area contributed by atoms with Gasteiger partial charge in [0.1, 0.15) is 11.7 Å². The molecule has 3 rings (SSSR count). The molecular weight excluding hydrogens is 253 g/mol. The molecule has 2 aromatic rings. The van der Waals surface area contributed by atoms with Crippen molar-refractivity contribution in [3.8, 4) is 0 Å². The Morgan fingerprint density at radius 3 is 2.53 bits per heavy atom. The second-order valence-corrected chi connectivity index (χ2v) is 4.31. The number of halogens is 3. The smallest absolute Gasteiger partial charge is 0.182 e. The monoisotopic (exact) mass is 262 g/mol. The van der Waals surface area contributed by atoms with Crippen molar-refractivity contribution in [1.29, 1.82) is 5.41 Å². The first-order valence-corrected chi connectivity index (χ1v) is 5.67. The molecule has 2 nitrogen and oxygen atoms in total. The molecule has 0 fully saturated rings. The van der Waals surface area contributed by atoms with Gasteiger partial charge in [0.2, 0.25) is 0 Å². The fourth-order valence-electron chi connectivity index (χ4n) is 2.23. The minimum Gasteiger partial charge on any atom is -0.319 e. The van der Waals surface area contributed by atoms with E-state index in [9.17, 15) is 13.2 Å². The lowest BCUT2D eigenvalue weighted by Crippen LogP contribution is -2.24. The van der Waals surface area contributed by atoms with E-state index in [-0.39, 0.29) is 18.1 Å². The molecule has 0 aliphatic carbocycles. The van der Waals surface area contributed by atoms with Crippen molar-refractivity contribution in [3.63, 3.8) is 0 Å². The Balaban J connectivity index is 2.09. The molecule has 0 saturated heterocycles. The van der Waals surface area contributed by atoms with Crippen LogP contribution < -0.4 is 4.90 Å². The zero-order chi connectivity index (χ0) is 13.6. The number of benzene rings is 2. The van der Waals surface area contributed by atoms with Crippen molar-refractivity contribution in [1.82, 2.24) is 0 Å². The molecule has 2 aromatic carbocycles. The SMILES string of the molecule is N=C1c2ccccc2CN1c1cc(F)cc(F)c1F. The lowest BCUT2D eigenvalue weighted by Gasteiger charge is -2.19. The van der Waals surface area contributed by atoms with Crippen LogP contribution in [0.4, 0.5) is 18.9 Å². The molecule has 1 aliphatic heterocycles. The van der Waals surface area contributed by atoms with Gasteiger partial charge < -0.3 is 4.90 Å². The quantitative estimate of drug-likeness (QED) is 0.783. The summed E-state index contributed by atoms with van der Waals surface area (Å²) < 4.78 is 40.2. The van der Waals surface area contributed by atoms with Crippen LogP contribution in [0, 0.1) is 22.9 Å². The van der Waals surface area contributed by atoms with Crippen molar-refractivity contribution in [2.45, 2.75) is 6.54 Å². The van der Waals surface area contributed by atoms with Crippen molar-refractivity contribution < 1.29 is 13.2 Å². The molecular formula is C14H9F3N2. The minimum atomic E-state index is -1.25. The number of anilines is 1. The highest BCUT2D eigenvalue weighted by Crippen LogP contribution is 2.31. The van der Waals surface area contributed by atoms with E-state index in [1.807, 2.05) is 0 Å². The van der Waals surface area contributed by atoms with Gasteiger partial charge in [-0.1, -0.05) is 24.3 Å². The standard InChI is InChI=1S/C14H9F3N2/c15-9-5-11(16)13(17)12(6-9)19-7-8-3-1-2-4-10(8)14(19)18/h1-6,18H,7H2. The van der Waals surface area contributed by atoms with E-state index in [4.69, 9.17) is 5.41 Å². The van der Waals surface area contributed by atoms with Crippen LogP contribution in [0.3, 0.4) is 0 Å². The van der Waals surface area contributed by atoms with Crippen LogP contribution in [0.15, 0.2) is 36.4 Å². The van der Waals surface area contributed by atoms with E-state index >= 15 is 0 Å². The molecule has 19 heavy (non-hydrogen) atoms. The normalized spacial score (nSPS) is 13.8. The van der Waals surface area contributed by atoms with E-state index in [0.29, 0.717) is 11.6 Å². The highest BCUT2D eigenvalue weighted by atomic mass is 19.2.